The number of carbonyl (C=O) groups excluding carboxylic acids is 2. The van der Waals surface area contributed by atoms with Crippen LogP contribution in [0.1, 0.15) is 23.2 Å². The van der Waals surface area contributed by atoms with Crippen LogP contribution in [0.3, 0.4) is 0 Å². The van der Waals surface area contributed by atoms with Gasteiger partial charge in [-0.25, -0.2) is 4.79 Å². The minimum absolute atomic E-state index is 0.144. The van der Waals surface area contributed by atoms with Gasteiger partial charge in [0.05, 0.1) is 11.7 Å². The Morgan fingerprint density at radius 2 is 1.71 bits per heavy atom. The van der Waals surface area contributed by atoms with E-state index in [4.69, 9.17) is 14.2 Å². The van der Waals surface area contributed by atoms with Crippen molar-refractivity contribution in [1.82, 2.24) is 4.90 Å². The Kier molecular flexibility index (Phi) is 7.04. The quantitative estimate of drug-likeness (QED) is 0.637. The molecule has 0 aromatic heterocycles. The first-order valence-electron chi connectivity index (χ1n) is 10.8. The highest BCUT2D eigenvalue weighted by molar-refractivity contribution is 5.91. The number of anilines is 1. The standard InChI is InChI=1S/C24H28N2O5/c27-23(26-14-12-25(13-15-26)20-5-2-1-3-6-20)18-31-24(28)19-8-10-21(11-9-19)30-17-22-7-4-16-29-22/h1-3,5-6,8-11,22H,4,7,12-18H2/t22-/m0/s1. The number of hydrogen-bond acceptors (Lipinski definition) is 6. The topological polar surface area (TPSA) is 68.3 Å². The minimum atomic E-state index is -0.512. The van der Waals surface area contributed by atoms with Crippen LogP contribution in [0, 0.1) is 0 Å². The predicted molar refractivity (Wildman–Crippen MR) is 116 cm³/mol. The molecule has 0 N–H and O–H groups in total. The summed E-state index contributed by atoms with van der Waals surface area (Å²) >= 11 is 0. The molecule has 0 unspecified atom stereocenters. The maximum atomic E-state index is 12.4. The van der Waals surface area contributed by atoms with Crippen LogP contribution in [0.5, 0.6) is 5.75 Å². The molecule has 7 nitrogen and oxygen atoms in total. The third-order valence-corrected chi connectivity index (χ3v) is 5.63. The average molecular weight is 424 g/mol. The molecular formula is C24H28N2O5. The van der Waals surface area contributed by atoms with E-state index in [1.807, 2.05) is 18.2 Å². The number of piperazine rings is 1. The Balaban J connectivity index is 1.19. The highest BCUT2D eigenvalue weighted by Crippen LogP contribution is 2.18. The third kappa shape index (κ3) is 5.76. The molecule has 2 aromatic carbocycles. The van der Waals surface area contributed by atoms with Crippen molar-refractivity contribution in [3.8, 4) is 5.75 Å². The van der Waals surface area contributed by atoms with Gasteiger partial charge in [-0.15, -0.1) is 0 Å². The molecule has 0 aliphatic carbocycles. The summed E-state index contributed by atoms with van der Waals surface area (Å²) in [6.07, 6.45) is 2.23. The van der Waals surface area contributed by atoms with Crippen LogP contribution in [-0.2, 0) is 14.3 Å². The van der Waals surface area contributed by atoms with Gasteiger partial charge in [0.25, 0.3) is 5.91 Å². The Bertz CT molecular complexity index is 857. The zero-order valence-electron chi connectivity index (χ0n) is 17.6. The molecule has 2 aliphatic rings. The number of ether oxygens (including phenoxy) is 3. The Morgan fingerprint density at radius 1 is 0.968 bits per heavy atom. The van der Waals surface area contributed by atoms with Crippen LogP contribution in [0.25, 0.3) is 0 Å². The van der Waals surface area contributed by atoms with E-state index < -0.39 is 5.97 Å². The molecule has 4 rings (SSSR count). The predicted octanol–water partition coefficient (Wildman–Crippen LogP) is 2.75. The molecule has 1 atom stereocenters. The molecule has 2 heterocycles. The number of benzene rings is 2. The molecule has 1 amide bonds. The number of para-hydroxylation sites is 1. The lowest BCUT2D eigenvalue weighted by Gasteiger charge is -2.36. The van der Waals surface area contributed by atoms with Crippen molar-refractivity contribution in [2.75, 3.05) is 50.9 Å². The SMILES string of the molecule is O=C(OCC(=O)N1CCN(c2ccccc2)CC1)c1ccc(OC[C@@H]2CCCO2)cc1. The Morgan fingerprint density at radius 3 is 2.39 bits per heavy atom. The average Bonchev–Trinajstić information content (AvgIpc) is 3.36. The van der Waals surface area contributed by atoms with Gasteiger partial charge >= 0.3 is 5.97 Å². The Hall–Kier alpha value is -3.06. The van der Waals surface area contributed by atoms with Gasteiger partial charge in [-0.2, -0.15) is 0 Å². The summed E-state index contributed by atoms with van der Waals surface area (Å²) in [5, 5.41) is 0. The number of hydrogen-bond donors (Lipinski definition) is 0. The van der Waals surface area contributed by atoms with E-state index >= 15 is 0 Å². The van der Waals surface area contributed by atoms with E-state index in [-0.39, 0.29) is 18.6 Å². The van der Waals surface area contributed by atoms with Crippen molar-refractivity contribution in [2.45, 2.75) is 18.9 Å². The molecule has 0 spiro atoms. The lowest BCUT2D eigenvalue weighted by Crippen LogP contribution is -2.49. The molecule has 164 valence electrons. The van der Waals surface area contributed by atoms with Crippen LogP contribution in [0.2, 0.25) is 0 Å². The van der Waals surface area contributed by atoms with Crippen LogP contribution in [0.4, 0.5) is 5.69 Å². The van der Waals surface area contributed by atoms with E-state index in [1.165, 1.54) is 0 Å². The van der Waals surface area contributed by atoms with E-state index in [0.717, 1.165) is 38.2 Å². The van der Waals surface area contributed by atoms with Gasteiger partial charge < -0.3 is 24.0 Å². The van der Waals surface area contributed by atoms with E-state index in [0.29, 0.717) is 31.0 Å². The first kappa shape index (κ1) is 21.2. The van der Waals surface area contributed by atoms with Gasteiger partial charge in [0.1, 0.15) is 12.4 Å². The summed E-state index contributed by atoms with van der Waals surface area (Å²) in [6.45, 7) is 3.80. The van der Waals surface area contributed by atoms with Crippen molar-refractivity contribution in [1.29, 1.82) is 0 Å². The van der Waals surface area contributed by atoms with Gasteiger partial charge in [0.2, 0.25) is 0 Å². The smallest absolute Gasteiger partial charge is 0.338 e. The second kappa shape index (κ2) is 10.3. The zero-order valence-corrected chi connectivity index (χ0v) is 17.6. The van der Waals surface area contributed by atoms with Crippen LogP contribution < -0.4 is 9.64 Å². The summed E-state index contributed by atoms with van der Waals surface area (Å²) in [7, 11) is 0. The van der Waals surface area contributed by atoms with Crippen molar-refractivity contribution in [2.24, 2.45) is 0 Å². The molecule has 7 heteroatoms. The van der Waals surface area contributed by atoms with Crippen LogP contribution in [0.15, 0.2) is 54.6 Å². The summed E-state index contributed by atoms with van der Waals surface area (Å²) in [5.74, 6) is -0.000982. The number of amides is 1. The summed E-state index contributed by atoms with van der Waals surface area (Å²) in [5.41, 5.74) is 1.55. The second-order valence-corrected chi connectivity index (χ2v) is 7.75. The molecular weight excluding hydrogens is 396 g/mol. The largest absolute Gasteiger partial charge is 0.491 e. The van der Waals surface area contributed by atoms with Gasteiger partial charge in [0.15, 0.2) is 6.61 Å². The number of esters is 1. The number of rotatable bonds is 7. The lowest BCUT2D eigenvalue weighted by atomic mass is 10.2. The normalized spacial score (nSPS) is 18.6. The second-order valence-electron chi connectivity index (χ2n) is 7.75. The molecule has 2 aromatic rings. The van der Waals surface area contributed by atoms with Crippen LogP contribution >= 0.6 is 0 Å². The van der Waals surface area contributed by atoms with E-state index in [9.17, 15) is 9.59 Å². The lowest BCUT2D eigenvalue weighted by molar-refractivity contribution is -0.134. The molecule has 2 saturated heterocycles. The maximum absolute atomic E-state index is 12.4. The first-order chi connectivity index (χ1) is 15.2. The van der Waals surface area contributed by atoms with Gasteiger partial charge in [0, 0.05) is 38.5 Å². The number of nitrogens with zero attached hydrogens (tertiary/aromatic N) is 2. The minimum Gasteiger partial charge on any atom is -0.491 e. The van der Waals surface area contributed by atoms with Gasteiger partial charge in [-0.3, -0.25) is 4.79 Å². The van der Waals surface area contributed by atoms with E-state index in [2.05, 4.69) is 17.0 Å². The first-order valence-corrected chi connectivity index (χ1v) is 10.8. The van der Waals surface area contributed by atoms with Crippen molar-refractivity contribution < 1.29 is 23.8 Å². The van der Waals surface area contributed by atoms with Gasteiger partial charge in [-0.05, 0) is 49.2 Å². The molecule has 0 bridgehead atoms. The zero-order chi connectivity index (χ0) is 21.5. The van der Waals surface area contributed by atoms with Crippen LogP contribution in [-0.4, -0.2) is 68.9 Å². The fourth-order valence-corrected chi connectivity index (χ4v) is 3.81. The monoisotopic (exact) mass is 424 g/mol. The van der Waals surface area contributed by atoms with Gasteiger partial charge in [-0.1, -0.05) is 18.2 Å². The molecule has 2 fully saturated rings. The summed E-state index contributed by atoms with van der Waals surface area (Å²) in [6, 6.07) is 16.9. The fraction of sp³-hybridized carbons (Fsp3) is 0.417. The Labute approximate surface area is 182 Å². The highest BCUT2D eigenvalue weighted by Gasteiger charge is 2.22. The molecule has 31 heavy (non-hydrogen) atoms. The summed E-state index contributed by atoms with van der Waals surface area (Å²) < 4.78 is 16.5. The summed E-state index contributed by atoms with van der Waals surface area (Å²) in [4.78, 5) is 28.7. The van der Waals surface area contributed by atoms with Crippen molar-refractivity contribution in [3.63, 3.8) is 0 Å². The van der Waals surface area contributed by atoms with E-state index in [1.54, 1.807) is 29.2 Å². The highest BCUT2D eigenvalue weighted by atomic mass is 16.5. The molecule has 0 radical (unpaired) electrons. The molecule has 0 saturated carbocycles. The fourth-order valence-electron chi connectivity index (χ4n) is 3.81. The van der Waals surface area contributed by atoms with Crippen molar-refractivity contribution in [3.05, 3.63) is 60.2 Å². The number of carbonyl (C=O) groups is 2. The van der Waals surface area contributed by atoms with Crippen molar-refractivity contribution >= 4 is 17.6 Å². The third-order valence-electron chi connectivity index (χ3n) is 5.63. The molecule has 2 aliphatic heterocycles. The maximum Gasteiger partial charge on any atom is 0.338 e.